The Balaban J connectivity index is 1.95. The van der Waals surface area contributed by atoms with E-state index in [1.807, 2.05) is 0 Å². The van der Waals surface area contributed by atoms with Crippen LogP contribution in [0, 0.1) is 6.92 Å². The molecule has 21 heavy (non-hydrogen) atoms. The third-order valence-electron chi connectivity index (χ3n) is 3.93. The monoisotopic (exact) mass is 306 g/mol. The molecule has 2 N–H and O–H groups in total. The first-order chi connectivity index (χ1) is 10.2. The molecule has 5 nitrogen and oxygen atoms in total. The zero-order valence-corrected chi connectivity index (χ0v) is 13.6. The molecule has 1 aliphatic rings. The summed E-state index contributed by atoms with van der Waals surface area (Å²) < 4.78 is 5.57. The lowest BCUT2D eigenvalue weighted by atomic mass is 10.2. The minimum Gasteiger partial charge on any atom is -0.379 e. The second kappa shape index (κ2) is 6.15. The number of hydrogen-bond donors (Lipinski definition) is 2. The number of methoxy groups -OCH3 is 1. The van der Waals surface area contributed by atoms with Crippen molar-refractivity contribution >= 4 is 33.3 Å². The topological polar surface area (TPSA) is 59.1 Å². The standard InChI is InChI=1S/C15H22N4OS/c1-4-16-15-18-13(10-8-9(2)21-14(10)19-15)17-11-6-5-7-12(11)20-3/h8,11-12H,4-7H2,1-3H3,(H2,16,17,18,19). The molecule has 2 unspecified atom stereocenters. The molecule has 6 heteroatoms. The maximum absolute atomic E-state index is 5.57. The Morgan fingerprint density at radius 2 is 2.24 bits per heavy atom. The van der Waals surface area contributed by atoms with Gasteiger partial charge in [-0.05, 0) is 39.2 Å². The molecular weight excluding hydrogens is 284 g/mol. The summed E-state index contributed by atoms with van der Waals surface area (Å²) >= 11 is 1.71. The fourth-order valence-corrected chi connectivity index (χ4v) is 3.82. The van der Waals surface area contributed by atoms with E-state index in [4.69, 9.17) is 4.74 Å². The molecule has 3 rings (SSSR count). The summed E-state index contributed by atoms with van der Waals surface area (Å²) in [6.07, 6.45) is 3.72. The van der Waals surface area contributed by atoms with Crippen molar-refractivity contribution in [1.29, 1.82) is 0 Å². The van der Waals surface area contributed by atoms with E-state index in [2.05, 4.69) is 40.5 Å². The van der Waals surface area contributed by atoms with E-state index >= 15 is 0 Å². The van der Waals surface area contributed by atoms with Crippen molar-refractivity contribution in [3.05, 3.63) is 10.9 Å². The van der Waals surface area contributed by atoms with Crippen LogP contribution in [0.4, 0.5) is 11.8 Å². The molecule has 0 aliphatic heterocycles. The van der Waals surface area contributed by atoms with E-state index in [9.17, 15) is 0 Å². The highest BCUT2D eigenvalue weighted by Crippen LogP contribution is 2.32. The molecule has 0 saturated heterocycles. The minimum absolute atomic E-state index is 0.275. The Labute approximate surface area is 129 Å². The number of aromatic nitrogens is 2. The Morgan fingerprint density at radius 1 is 1.38 bits per heavy atom. The van der Waals surface area contributed by atoms with E-state index in [1.54, 1.807) is 18.4 Å². The van der Waals surface area contributed by atoms with E-state index < -0.39 is 0 Å². The lowest BCUT2D eigenvalue weighted by molar-refractivity contribution is 0.101. The summed E-state index contributed by atoms with van der Waals surface area (Å²) in [5.74, 6) is 1.62. The molecule has 1 saturated carbocycles. The molecule has 114 valence electrons. The third-order valence-corrected chi connectivity index (χ3v) is 4.87. The summed E-state index contributed by atoms with van der Waals surface area (Å²) in [6, 6.07) is 2.50. The van der Waals surface area contributed by atoms with Gasteiger partial charge >= 0.3 is 0 Å². The van der Waals surface area contributed by atoms with Gasteiger partial charge in [0.2, 0.25) is 5.95 Å². The largest absolute Gasteiger partial charge is 0.379 e. The third kappa shape index (κ3) is 2.96. The fourth-order valence-electron chi connectivity index (χ4n) is 2.94. The van der Waals surface area contributed by atoms with Crippen LogP contribution in [0.1, 0.15) is 31.1 Å². The van der Waals surface area contributed by atoms with Gasteiger partial charge < -0.3 is 15.4 Å². The van der Waals surface area contributed by atoms with Crippen molar-refractivity contribution in [2.45, 2.75) is 45.3 Å². The van der Waals surface area contributed by atoms with Gasteiger partial charge in [-0.3, -0.25) is 0 Å². The number of thiophene rings is 1. The second-order valence-electron chi connectivity index (χ2n) is 5.46. The van der Waals surface area contributed by atoms with Crippen molar-refractivity contribution in [3.63, 3.8) is 0 Å². The minimum atomic E-state index is 0.275. The predicted octanol–water partition coefficient (Wildman–Crippen LogP) is 3.41. The van der Waals surface area contributed by atoms with Gasteiger partial charge in [0, 0.05) is 18.5 Å². The number of fused-ring (bicyclic) bond motifs is 1. The average Bonchev–Trinajstić information content (AvgIpc) is 3.04. The Morgan fingerprint density at radius 3 is 3.00 bits per heavy atom. The van der Waals surface area contributed by atoms with Gasteiger partial charge in [-0.15, -0.1) is 11.3 Å². The molecule has 0 bridgehead atoms. The van der Waals surface area contributed by atoms with Crippen LogP contribution in [0.3, 0.4) is 0 Å². The van der Waals surface area contributed by atoms with Crippen LogP contribution in [0.15, 0.2) is 6.07 Å². The SMILES string of the molecule is CCNc1nc(NC2CCCC2OC)c2cc(C)sc2n1. The van der Waals surface area contributed by atoms with E-state index in [-0.39, 0.29) is 6.10 Å². The highest BCUT2D eigenvalue weighted by molar-refractivity contribution is 7.18. The zero-order valence-electron chi connectivity index (χ0n) is 12.8. The van der Waals surface area contributed by atoms with E-state index in [0.717, 1.165) is 35.4 Å². The van der Waals surface area contributed by atoms with Gasteiger partial charge in [-0.25, -0.2) is 4.98 Å². The highest BCUT2D eigenvalue weighted by atomic mass is 32.1. The molecule has 0 spiro atoms. The van der Waals surface area contributed by atoms with Gasteiger partial charge in [-0.1, -0.05) is 0 Å². The van der Waals surface area contributed by atoms with Gasteiger partial charge in [-0.2, -0.15) is 4.98 Å². The van der Waals surface area contributed by atoms with E-state index in [1.165, 1.54) is 11.3 Å². The summed E-state index contributed by atoms with van der Waals surface area (Å²) in [6.45, 7) is 4.98. The van der Waals surface area contributed by atoms with E-state index in [0.29, 0.717) is 12.0 Å². The molecule has 1 fully saturated rings. The van der Waals surface area contributed by atoms with Crippen molar-refractivity contribution in [3.8, 4) is 0 Å². The number of aryl methyl sites for hydroxylation is 1. The Kier molecular flexibility index (Phi) is 4.26. The van der Waals surface area contributed by atoms with Crippen LogP contribution >= 0.6 is 11.3 Å². The smallest absolute Gasteiger partial charge is 0.226 e. The average molecular weight is 306 g/mol. The van der Waals surface area contributed by atoms with Crippen LogP contribution in [-0.4, -0.2) is 35.8 Å². The first-order valence-electron chi connectivity index (χ1n) is 7.52. The highest BCUT2D eigenvalue weighted by Gasteiger charge is 2.28. The number of hydrogen-bond acceptors (Lipinski definition) is 6. The maximum atomic E-state index is 5.57. The molecule has 1 aliphatic carbocycles. The van der Waals surface area contributed by atoms with Gasteiger partial charge in [0.25, 0.3) is 0 Å². The molecular formula is C15H22N4OS. The number of anilines is 2. The lowest BCUT2D eigenvalue weighted by Gasteiger charge is -2.20. The van der Waals surface area contributed by atoms with Gasteiger partial charge in [0.1, 0.15) is 10.6 Å². The van der Waals surface area contributed by atoms with Crippen LogP contribution in [0.5, 0.6) is 0 Å². The first kappa shape index (κ1) is 14.5. The first-order valence-corrected chi connectivity index (χ1v) is 8.34. The number of rotatable bonds is 5. The molecule has 2 aromatic rings. The number of nitrogens with one attached hydrogen (secondary N) is 2. The molecule has 0 amide bonds. The van der Waals surface area contributed by atoms with Gasteiger partial charge in [0.05, 0.1) is 17.5 Å². The summed E-state index contributed by atoms with van der Waals surface area (Å²) in [4.78, 5) is 11.5. The lowest BCUT2D eigenvalue weighted by Crippen LogP contribution is -2.30. The quantitative estimate of drug-likeness (QED) is 0.886. The molecule has 2 aromatic heterocycles. The second-order valence-corrected chi connectivity index (χ2v) is 6.69. The molecule has 2 atom stereocenters. The molecule has 0 aromatic carbocycles. The zero-order chi connectivity index (χ0) is 14.8. The summed E-state index contributed by atoms with van der Waals surface area (Å²) in [7, 11) is 1.79. The normalized spacial score (nSPS) is 21.9. The van der Waals surface area contributed by atoms with Crippen molar-refractivity contribution < 1.29 is 4.74 Å². The summed E-state index contributed by atoms with van der Waals surface area (Å²) in [5, 5.41) is 7.91. The van der Waals surface area contributed by atoms with Crippen LogP contribution in [0.2, 0.25) is 0 Å². The summed E-state index contributed by atoms with van der Waals surface area (Å²) in [5.41, 5.74) is 0. The van der Waals surface area contributed by atoms with Crippen LogP contribution in [-0.2, 0) is 4.74 Å². The molecule has 2 heterocycles. The van der Waals surface area contributed by atoms with Gasteiger partial charge in [0.15, 0.2) is 0 Å². The number of ether oxygens (including phenoxy) is 1. The fraction of sp³-hybridized carbons (Fsp3) is 0.600. The van der Waals surface area contributed by atoms with Crippen LogP contribution < -0.4 is 10.6 Å². The molecule has 0 radical (unpaired) electrons. The number of nitrogens with zero attached hydrogens (tertiary/aromatic N) is 2. The van der Waals surface area contributed by atoms with Crippen molar-refractivity contribution in [2.24, 2.45) is 0 Å². The van der Waals surface area contributed by atoms with Crippen molar-refractivity contribution in [1.82, 2.24) is 9.97 Å². The predicted molar refractivity (Wildman–Crippen MR) is 88.4 cm³/mol. The van der Waals surface area contributed by atoms with Crippen LogP contribution in [0.25, 0.3) is 10.2 Å². The Bertz CT molecular complexity index is 627. The van der Waals surface area contributed by atoms with Crippen molar-refractivity contribution in [2.75, 3.05) is 24.3 Å². The maximum Gasteiger partial charge on any atom is 0.226 e. The Hall–Kier alpha value is -1.40.